The minimum absolute atomic E-state index is 0.00931. The van der Waals surface area contributed by atoms with Crippen molar-refractivity contribution in [2.24, 2.45) is 39.4 Å². The molecule has 212 valence electrons. The monoisotopic (exact) mass is 526 g/mol. The van der Waals surface area contributed by atoms with Crippen molar-refractivity contribution in [3.8, 4) is 0 Å². The number of ether oxygens (including phenoxy) is 2. The Morgan fingerprint density at radius 1 is 0.947 bits per heavy atom. The fourth-order valence-corrected chi connectivity index (χ4v) is 9.89. The number of Topliss-reactive ketones (excluding diaryl/α,β-unsaturated/α-hetero) is 1. The molecule has 4 aliphatic carbocycles. The van der Waals surface area contributed by atoms with Gasteiger partial charge in [0.05, 0.1) is 13.0 Å². The van der Waals surface area contributed by atoms with Gasteiger partial charge in [0.25, 0.3) is 0 Å². The Labute approximate surface area is 230 Å². The number of esters is 2. The summed E-state index contributed by atoms with van der Waals surface area (Å²) in [4.78, 5) is 37.4. The fraction of sp³-hybridized carbons (Fsp3) is 0.788. The molecule has 0 aromatic heterocycles. The van der Waals surface area contributed by atoms with Crippen molar-refractivity contribution < 1.29 is 23.9 Å². The van der Waals surface area contributed by atoms with Gasteiger partial charge >= 0.3 is 11.9 Å². The van der Waals surface area contributed by atoms with E-state index in [0.29, 0.717) is 24.3 Å². The zero-order chi connectivity index (χ0) is 28.3. The molecule has 5 nitrogen and oxygen atoms in total. The van der Waals surface area contributed by atoms with Gasteiger partial charge in [0.15, 0.2) is 5.78 Å². The second-order valence-electron chi connectivity index (χ2n) is 14.2. The van der Waals surface area contributed by atoms with Crippen LogP contribution in [0.3, 0.4) is 0 Å². The molecule has 0 radical (unpaired) electrons. The molecule has 0 aromatic carbocycles. The van der Waals surface area contributed by atoms with E-state index in [-0.39, 0.29) is 57.3 Å². The Bertz CT molecular complexity index is 1050. The lowest BCUT2D eigenvalue weighted by Gasteiger charge is -2.62. The first-order valence-corrected chi connectivity index (χ1v) is 14.8. The molecule has 0 bridgehead atoms. The van der Waals surface area contributed by atoms with E-state index in [1.165, 1.54) is 14.0 Å². The van der Waals surface area contributed by atoms with Gasteiger partial charge in [-0.3, -0.25) is 14.4 Å². The van der Waals surface area contributed by atoms with Crippen LogP contribution >= 0.6 is 0 Å². The number of carbonyl (C=O) groups is 3. The maximum Gasteiger partial charge on any atom is 0.308 e. The Kier molecular flexibility index (Phi) is 7.60. The quantitative estimate of drug-likeness (QED) is 0.197. The minimum Gasteiger partial charge on any atom is -0.469 e. The van der Waals surface area contributed by atoms with Gasteiger partial charge in [-0.15, -0.1) is 0 Å². The summed E-state index contributed by atoms with van der Waals surface area (Å²) in [6.07, 6.45) is 9.23. The highest BCUT2D eigenvalue weighted by atomic mass is 16.5. The lowest BCUT2D eigenvalue weighted by Crippen LogP contribution is -2.56. The average molecular weight is 527 g/mol. The first-order chi connectivity index (χ1) is 17.6. The van der Waals surface area contributed by atoms with E-state index in [2.05, 4.69) is 41.2 Å². The first-order valence-electron chi connectivity index (χ1n) is 14.8. The molecule has 0 spiro atoms. The maximum absolute atomic E-state index is 13.1. The van der Waals surface area contributed by atoms with E-state index in [4.69, 9.17) is 9.47 Å². The van der Waals surface area contributed by atoms with Crippen LogP contribution in [0.4, 0.5) is 0 Å². The molecule has 2 saturated carbocycles. The van der Waals surface area contributed by atoms with Crippen molar-refractivity contribution in [1.82, 2.24) is 0 Å². The van der Waals surface area contributed by atoms with Gasteiger partial charge in [-0.05, 0) is 98.4 Å². The average Bonchev–Trinajstić information content (AvgIpc) is 3.12. The van der Waals surface area contributed by atoms with Crippen LogP contribution < -0.4 is 0 Å². The van der Waals surface area contributed by atoms with Gasteiger partial charge in [-0.25, -0.2) is 0 Å². The van der Waals surface area contributed by atoms with Crippen molar-refractivity contribution in [3.63, 3.8) is 0 Å². The first kappa shape index (κ1) is 29.1. The van der Waals surface area contributed by atoms with E-state index in [1.54, 1.807) is 18.1 Å². The largest absolute Gasteiger partial charge is 0.469 e. The number of hydrogen-bond acceptors (Lipinski definition) is 5. The normalized spacial score (nSPS) is 38.4. The van der Waals surface area contributed by atoms with Crippen LogP contribution in [0.2, 0.25) is 0 Å². The molecule has 4 aliphatic rings. The summed E-state index contributed by atoms with van der Waals surface area (Å²) < 4.78 is 11.1. The Morgan fingerprint density at radius 3 is 2.24 bits per heavy atom. The second kappa shape index (κ2) is 9.93. The summed E-state index contributed by atoms with van der Waals surface area (Å²) in [5, 5.41) is 0. The molecule has 0 amide bonds. The zero-order valence-corrected chi connectivity index (χ0v) is 25.1. The van der Waals surface area contributed by atoms with Crippen molar-refractivity contribution >= 4 is 17.7 Å². The predicted octanol–water partition coefficient (Wildman–Crippen LogP) is 7.38. The number of ketones is 1. The number of allylic oxidation sites excluding steroid dienone is 3. The highest BCUT2D eigenvalue weighted by Gasteiger charge is 2.64. The second-order valence-corrected chi connectivity index (χ2v) is 14.2. The van der Waals surface area contributed by atoms with Crippen LogP contribution in [-0.2, 0) is 23.9 Å². The molecule has 7 atom stereocenters. The van der Waals surface area contributed by atoms with Crippen LogP contribution in [0.15, 0.2) is 23.3 Å². The van der Waals surface area contributed by atoms with Crippen molar-refractivity contribution in [1.29, 1.82) is 0 Å². The third-order valence-electron chi connectivity index (χ3n) is 12.2. The Morgan fingerprint density at radius 2 is 1.63 bits per heavy atom. The molecule has 0 unspecified atom stereocenters. The van der Waals surface area contributed by atoms with Crippen LogP contribution in [-0.4, -0.2) is 30.9 Å². The summed E-state index contributed by atoms with van der Waals surface area (Å²) in [7, 11) is 1.48. The molecule has 0 heterocycles. The van der Waals surface area contributed by atoms with E-state index in [9.17, 15) is 14.4 Å². The van der Waals surface area contributed by atoms with Gasteiger partial charge in [-0.1, -0.05) is 52.3 Å². The number of fused-ring (bicyclic) bond motifs is 4. The van der Waals surface area contributed by atoms with Gasteiger partial charge in [0.2, 0.25) is 0 Å². The highest BCUT2D eigenvalue weighted by molar-refractivity contribution is 5.94. The van der Waals surface area contributed by atoms with Crippen molar-refractivity contribution in [2.75, 3.05) is 7.11 Å². The predicted molar refractivity (Wildman–Crippen MR) is 149 cm³/mol. The van der Waals surface area contributed by atoms with E-state index in [0.717, 1.165) is 51.4 Å². The molecule has 5 heteroatoms. The van der Waals surface area contributed by atoms with Crippen LogP contribution in [0, 0.1) is 39.4 Å². The molecule has 38 heavy (non-hydrogen) atoms. The zero-order valence-electron chi connectivity index (χ0n) is 25.1. The molecular weight excluding hydrogens is 476 g/mol. The van der Waals surface area contributed by atoms with Crippen molar-refractivity contribution in [2.45, 2.75) is 119 Å². The van der Waals surface area contributed by atoms with Gasteiger partial charge in [0, 0.05) is 18.8 Å². The van der Waals surface area contributed by atoms with Crippen molar-refractivity contribution in [3.05, 3.63) is 23.3 Å². The molecule has 2 fully saturated rings. The third kappa shape index (κ3) is 4.31. The summed E-state index contributed by atoms with van der Waals surface area (Å²) in [5.74, 6) is 0.113. The van der Waals surface area contributed by atoms with E-state index in [1.807, 2.05) is 0 Å². The van der Waals surface area contributed by atoms with E-state index < -0.39 is 0 Å². The highest BCUT2D eigenvalue weighted by Crippen LogP contribution is 2.72. The minimum atomic E-state index is -0.262. The Hall–Kier alpha value is -1.91. The van der Waals surface area contributed by atoms with Crippen LogP contribution in [0.25, 0.3) is 0 Å². The Balaban J connectivity index is 1.67. The fourth-order valence-electron chi connectivity index (χ4n) is 9.89. The number of methoxy groups -OCH3 is 1. The van der Waals surface area contributed by atoms with Gasteiger partial charge in [0.1, 0.15) is 6.10 Å². The molecule has 4 rings (SSSR count). The number of hydrogen-bond donors (Lipinski definition) is 0. The lowest BCUT2D eigenvalue weighted by atomic mass is 9.43. The smallest absolute Gasteiger partial charge is 0.308 e. The summed E-state index contributed by atoms with van der Waals surface area (Å²) in [6.45, 7) is 19.1. The van der Waals surface area contributed by atoms with Gasteiger partial charge < -0.3 is 9.47 Å². The molecule has 0 aromatic rings. The van der Waals surface area contributed by atoms with Crippen LogP contribution in [0.1, 0.15) is 113 Å². The lowest BCUT2D eigenvalue weighted by molar-refractivity contribution is -0.167. The number of rotatable bonds is 7. The molecular formula is C33H50O5. The molecule has 0 N–H and O–H groups in total. The van der Waals surface area contributed by atoms with Crippen LogP contribution in [0.5, 0.6) is 0 Å². The third-order valence-corrected chi connectivity index (χ3v) is 12.2. The SMILES string of the molecule is C=C(C)C(=O)CC[C@H](C(=O)OC)[C@@H]1CC[C@]2(C)C3=C(CC[C@@]12C)[C@@]1(C)CC[C@@H](OC(C)=O)C(C)(C)[C@@H]1CC3. The van der Waals surface area contributed by atoms with E-state index >= 15 is 0 Å². The summed E-state index contributed by atoms with van der Waals surface area (Å²) >= 11 is 0. The standard InChI is InChI=1S/C33H50O5/c1-20(2)26(35)12-10-22(29(36)37-9)23-14-18-33(8)25-11-13-27-30(4,5)28(38-21(3)34)16-17-31(27,6)24(25)15-19-32(23,33)7/h22-23,27-28H,1,10-19H2,2-9H3/t22-,23-,27-,28+,31+,32-,33+/m0/s1. The maximum atomic E-state index is 13.1. The summed E-state index contributed by atoms with van der Waals surface area (Å²) in [5.41, 5.74) is 3.95. The van der Waals surface area contributed by atoms with Gasteiger partial charge in [-0.2, -0.15) is 0 Å². The summed E-state index contributed by atoms with van der Waals surface area (Å²) in [6, 6.07) is 0. The topological polar surface area (TPSA) is 69.7 Å². The molecule has 0 saturated heterocycles. The number of carbonyl (C=O) groups excluding carboxylic acids is 3. The molecule has 0 aliphatic heterocycles.